The number of rotatable bonds is 2. The monoisotopic (exact) mass is 245 g/mol. The second-order valence-corrected chi connectivity index (χ2v) is 5.23. The van der Waals surface area contributed by atoms with Crippen LogP contribution in [0.3, 0.4) is 0 Å². The molecule has 1 aliphatic rings. The summed E-state index contributed by atoms with van der Waals surface area (Å²) in [6, 6.07) is 4.87. The summed E-state index contributed by atoms with van der Waals surface area (Å²) in [6.45, 7) is 3.93. The van der Waals surface area contributed by atoms with Crippen molar-refractivity contribution in [2.45, 2.75) is 38.6 Å². The highest BCUT2D eigenvalue weighted by molar-refractivity contribution is 5.96. The number of phenols is 1. The molecular weight excluding hydrogens is 226 g/mol. The number of phenolic OH excluding ortho intramolecular Hbond substituents is 1. The van der Waals surface area contributed by atoms with Crippen LogP contribution < -0.4 is 5.32 Å². The summed E-state index contributed by atoms with van der Waals surface area (Å²) in [6.07, 6.45) is 7.06. The third-order valence-corrected chi connectivity index (χ3v) is 3.48. The van der Waals surface area contributed by atoms with E-state index in [9.17, 15) is 9.90 Å². The van der Waals surface area contributed by atoms with Crippen LogP contribution in [0, 0.1) is 6.92 Å². The molecule has 0 spiro atoms. The van der Waals surface area contributed by atoms with E-state index in [0.29, 0.717) is 5.56 Å². The Hall–Kier alpha value is -1.77. The summed E-state index contributed by atoms with van der Waals surface area (Å²) in [5.74, 6) is 0.0145. The van der Waals surface area contributed by atoms with Gasteiger partial charge in [0.05, 0.1) is 0 Å². The van der Waals surface area contributed by atoms with Crippen LogP contribution in [0.15, 0.2) is 30.4 Å². The van der Waals surface area contributed by atoms with Gasteiger partial charge in [0.2, 0.25) is 0 Å². The van der Waals surface area contributed by atoms with Crippen molar-refractivity contribution >= 4 is 5.91 Å². The Morgan fingerprint density at radius 1 is 1.39 bits per heavy atom. The van der Waals surface area contributed by atoms with E-state index in [1.807, 2.05) is 6.92 Å². The molecule has 1 aromatic carbocycles. The molecule has 2 N–H and O–H groups in total. The second kappa shape index (κ2) is 4.84. The van der Waals surface area contributed by atoms with Crippen LogP contribution in [0.2, 0.25) is 0 Å². The Balaban J connectivity index is 2.16. The number of amides is 1. The number of aromatic hydroxyl groups is 1. The second-order valence-electron chi connectivity index (χ2n) is 5.23. The van der Waals surface area contributed by atoms with E-state index in [-0.39, 0.29) is 17.2 Å². The molecule has 1 aromatic rings. The van der Waals surface area contributed by atoms with Gasteiger partial charge in [-0.3, -0.25) is 4.79 Å². The van der Waals surface area contributed by atoms with Gasteiger partial charge in [0.1, 0.15) is 5.75 Å². The molecule has 0 saturated heterocycles. The fourth-order valence-corrected chi connectivity index (χ4v) is 2.27. The molecule has 0 saturated carbocycles. The average Bonchev–Trinajstić information content (AvgIpc) is 2.32. The van der Waals surface area contributed by atoms with Crippen LogP contribution in [-0.2, 0) is 0 Å². The minimum atomic E-state index is -0.177. The minimum absolute atomic E-state index is 0.110. The van der Waals surface area contributed by atoms with Crippen molar-refractivity contribution in [3.63, 3.8) is 0 Å². The maximum absolute atomic E-state index is 12.2. The van der Waals surface area contributed by atoms with Gasteiger partial charge in [0.15, 0.2) is 0 Å². The van der Waals surface area contributed by atoms with Crippen molar-refractivity contribution < 1.29 is 9.90 Å². The van der Waals surface area contributed by atoms with Gasteiger partial charge in [-0.05, 0) is 50.8 Å². The molecule has 1 aliphatic carbocycles. The van der Waals surface area contributed by atoms with Crippen molar-refractivity contribution in [2.75, 3.05) is 0 Å². The van der Waals surface area contributed by atoms with Gasteiger partial charge < -0.3 is 10.4 Å². The molecule has 0 heterocycles. The van der Waals surface area contributed by atoms with E-state index in [4.69, 9.17) is 0 Å². The zero-order valence-corrected chi connectivity index (χ0v) is 10.9. The summed E-state index contributed by atoms with van der Waals surface area (Å²) >= 11 is 0. The SMILES string of the molecule is Cc1ccc(O)cc1C(=O)NC1(C)CC=CCC1. The van der Waals surface area contributed by atoms with Crippen molar-refractivity contribution in [1.82, 2.24) is 5.32 Å². The Labute approximate surface area is 108 Å². The maximum Gasteiger partial charge on any atom is 0.252 e. The van der Waals surface area contributed by atoms with E-state index >= 15 is 0 Å². The van der Waals surface area contributed by atoms with Gasteiger partial charge in [-0.2, -0.15) is 0 Å². The van der Waals surface area contributed by atoms with Crippen molar-refractivity contribution in [3.8, 4) is 5.75 Å². The smallest absolute Gasteiger partial charge is 0.252 e. The topological polar surface area (TPSA) is 49.3 Å². The number of carbonyl (C=O) groups is 1. The molecule has 1 amide bonds. The van der Waals surface area contributed by atoms with Gasteiger partial charge in [0.25, 0.3) is 5.91 Å². The molecule has 1 unspecified atom stereocenters. The molecule has 96 valence electrons. The molecule has 0 bridgehead atoms. The van der Waals surface area contributed by atoms with Gasteiger partial charge in [-0.25, -0.2) is 0 Å². The lowest BCUT2D eigenvalue weighted by molar-refractivity contribution is 0.0899. The first-order chi connectivity index (χ1) is 8.50. The highest BCUT2D eigenvalue weighted by atomic mass is 16.3. The summed E-state index contributed by atoms with van der Waals surface area (Å²) in [7, 11) is 0. The van der Waals surface area contributed by atoms with E-state index in [1.165, 1.54) is 6.07 Å². The van der Waals surface area contributed by atoms with Crippen LogP contribution in [0.4, 0.5) is 0 Å². The molecule has 0 aliphatic heterocycles. The lowest BCUT2D eigenvalue weighted by Gasteiger charge is -2.32. The number of hydrogen-bond acceptors (Lipinski definition) is 2. The molecule has 3 heteroatoms. The third-order valence-electron chi connectivity index (χ3n) is 3.48. The van der Waals surface area contributed by atoms with Gasteiger partial charge in [0, 0.05) is 11.1 Å². The van der Waals surface area contributed by atoms with Crippen LogP contribution in [-0.4, -0.2) is 16.6 Å². The maximum atomic E-state index is 12.2. The minimum Gasteiger partial charge on any atom is -0.508 e. The van der Waals surface area contributed by atoms with Crippen LogP contribution in [0.25, 0.3) is 0 Å². The number of aryl methyl sites for hydroxylation is 1. The van der Waals surface area contributed by atoms with Crippen molar-refractivity contribution in [2.24, 2.45) is 0 Å². The summed E-state index contributed by atoms with van der Waals surface area (Å²) in [5, 5.41) is 12.5. The average molecular weight is 245 g/mol. The van der Waals surface area contributed by atoms with Gasteiger partial charge in [-0.1, -0.05) is 18.2 Å². The molecule has 1 atom stereocenters. The first-order valence-electron chi connectivity index (χ1n) is 6.27. The number of carbonyl (C=O) groups excluding carboxylic acids is 1. The number of allylic oxidation sites excluding steroid dienone is 1. The van der Waals surface area contributed by atoms with E-state index in [1.54, 1.807) is 12.1 Å². The molecule has 0 fully saturated rings. The highest BCUT2D eigenvalue weighted by Gasteiger charge is 2.27. The number of benzene rings is 1. The Morgan fingerprint density at radius 3 is 2.83 bits per heavy atom. The third kappa shape index (κ3) is 2.73. The van der Waals surface area contributed by atoms with Gasteiger partial charge >= 0.3 is 0 Å². The largest absolute Gasteiger partial charge is 0.508 e. The molecule has 0 radical (unpaired) electrons. The highest BCUT2D eigenvalue weighted by Crippen LogP contribution is 2.24. The van der Waals surface area contributed by atoms with Gasteiger partial charge in [-0.15, -0.1) is 0 Å². The first-order valence-corrected chi connectivity index (χ1v) is 6.27. The molecule has 0 aromatic heterocycles. The summed E-state index contributed by atoms with van der Waals surface area (Å²) in [4.78, 5) is 12.2. The zero-order valence-electron chi connectivity index (χ0n) is 10.9. The number of nitrogens with one attached hydrogen (secondary N) is 1. The van der Waals surface area contributed by atoms with Crippen LogP contribution in [0.5, 0.6) is 5.75 Å². The number of hydrogen-bond donors (Lipinski definition) is 2. The van der Waals surface area contributed by atoms with Crippen LogP contribution in [0.1, 0.15) is 42.1 Å². The predicted molar refractivity (Wildman–Crippen MR) is 71.7 cm³/mol. The zero-order chi connectivity index (χ0) is 13.2. The standard InChI is InChI=1S/C15H19NO2/c1-11-6-7-12(17)10-13(11)14(18)16-15(2)8-4-3-5-9-15/h3-4,6-7,10,17H,5,8-9H2,1-2H3,(H,16,18). The molecule has 3 nitrogen and oxygen atoms in total. The molecule has 2 rings (SSSR count). The van der Waals surface area contributed by atoms with Crippen molar-refractivity contribution in [3.05, 3.63) is 41.5 Å². The van der Waals surface area contributed by atoms with Crippen LogP contribution >= 0.6 is 0 Å². The van der Waals surface area contributed by atoms with E-state index in [2.05, 4.69) is 24.4 Å². The Bertz CT molecular complexity index is 493. The fourth-order valence-electron chi connectivity index (χ4n) is 2.27. The Kier molecular flexibility index (Phi) is 3.41. The summed E-state index contributed by atoms with van der Waals surface area (Å²) in [5.41, 5.74) is 1.25. The van der Waals surface area contributed by atoms with E-state index < -0.39 is 0 Å². The van der Waals surface area contributed by atoms with Crippen molar-refractivity contribution in [1.29, 1.82) is 0 Å². The molecular formula is C15H19NO2. The Morgan fingerprint density at radius 2 is 2.17 bits per heavy atom. The lowest BCUT2D eigenvalue weighted by atomic mass is 9.87. The predicted octanol–water partition coefficient (Wildman–Crippen LogP) is 2.93. The first kappa shape index (κ1) is 12.7. The fraction of sp³-hybridized carbons (Fsp3) is 0.400. The van der Waals surface area contributed by atoms with E-state index in [0.717, 1.165) is 24.8 Å². The lowest BCUT2D eigenvalue weighted by Crippen LogP contribution is -2.46. The quantitative estimate of drug-likeness (QED) is 0.787. The normalized spacial score (nSPS) is 22.8. The molecule has 18 heavy (non-hydrogen) atoms. The summed E-state index contributed by atoms with van der Waals surface area (Å²) < 4.78 is 0.